The Hall–Kier alpha value is -4.01. The molecular formula is C22H26N6O8. The summed E-state index contributed by atoms with van der Waals surface area (Å²) in [5.41, 5.74) is 1.67. The van der Waals surface area contributed by atoms with Crippen molar-refractivity contribution >= 4 is 29.0 Å². The Balaban J connectivity index is 1.39. The summed E-state index contributed by atoms with van der Waals surface area (Å²) in [5.74, 6) is -0.00811. The van der Waals surface area contributed by atoms with Crippen LogP contribution in [0, 0.1) is 0 Å². The number of nitrogens with zero attached hydrogens (tertiary/aromatic N) is 4. The van der Waals surface area contributed by atoms with Gasteiger partial charge in [-0.2, -0.15) is 0 Å². The fourth-order valence-electron chi connectivity index (χ4n) is 3.63. The van der Waals surface area contributed by atoms with E-state index in [1.165, 1.54) is 17.2 Å². The molecule has 36 heavy (non-hydrogen) atoms. The van der Waals surface area contributed by atoms with Gasteiger partial charge < -0.3 is 40.2 Å². The number of nitrogens with one attached hydrogen (secondary N) is 2. The second kappa shape index (κ2) is 11.2. The summed E-state index contributed by atoms with van der Waals surface area (Å²) in [7, 11) is 0. The van der Waals surface area contributed by atoms with E-state index in [2.05, 4.69) is 25.6 Å². The van der Waals surface area contributed by atoms with Crippen molar-refractivity contribution < 1.29 is 39.1 Å². The van der Waals surface area contributed by atoms with Crippen molar-refractivity contribution in [2.75, 3.05) is 25.1 Å². The maximum Gasteiger partial charge on any atom is 0.407 e. The van der Waals surface area contributed by atoms with Crippen LogP contribution in [0.2, 0.25) is 0 Å². The highest BCUT2D eigenvalue weighted by Crippen LogP contribution is 2.32. The first-order valence-corrected chi connectivity index (χ1v) is 11.1. The number of rotatable bonds is 9. The van der Waals surface area contributed by atoms with Gasteiger partial charge in [0.2, 0.25) is 0 Å². The lowest BCUT2D eigenvalue weighted by atomic mass is 10.1. The van der Waals surface area contributed by atoms with Crippen LogP contribution in [0.15, 0.2) is 36.9 Å². The molecular weight excluding hydrogens is 476 g/mol. The fraction of sp³-hybridized carbons (Fsp3) is 0.409. The van der Waals surface area contributed by atoms with Crippen LogP contribution in [-0.4, -0.2) is 85.0 Å². The number of ether oxygens (including phenoxy) is 3. The smallest absolute Gasteiger partial charge is 0.407 e. The number of carbonyl (C=O) groups is 2. The Labute approximate surface area is 204 Å². The number of alkyl carbamates (subject to hydrolysis) is 1. The van der Waals surface area contributed by atoms with Crippen molar-refractivity contribution in [3.05, 3.63) is 42.5 Å². The van der Waals surface area contributed by atoms with Gasteiger partial charge in [0.05, 0.1) is 12.9 Å². The number of aliphatic hydroxyl groups is 2. The van der Waals surface area contributed by atoms with E-state index in [9.17, 15) is 24.9 Å². The molecule has 1 unspecified atom stereocenters. The molecule has 1 fully saturated rings. The van der Waals surface area contributed by atoms with Crippen molar-refractivity contribution in [2.24, 2.45) is 0 Å². The SMILES string of the molecule is CCOC(=O)CNC(=O)OC[C@H]1O[C@@H](n2cnc3c(NCc4ccc(O)cc4)ncnc32)[C@@H](O)C1O. The molecule has 1 aliphatic heterocycles. The summed E-state index contributed by atoms with van der Waals surface area (Å²) in [6.45, 7) is 1.50. The number of anilines is 1. The zero-order valence-electron chi connectivity index (χ0n) is 19.3. The molecule has 14 heteroatoms. The van der Waals surface area contributed by atoms with Gasteiger partial charge in [-0.3, -0.25) is 9.36 Å². The number of aromatic hydroxyl groups is 1. The molecule has 1 saturated heterocycles. The molecule has 0 radical (unpaired) electrons. The number of benzene rings is 1. The van der Waals surface area contributed by atoms with E-state index >= 15 is 0 Å². The van der Waals surface area contributed by atoms with E-state index in [-0.39, 0.29) is 25.5 Å². The van der Waals surface area contributed by atoms with Crippen molar-refractivity contribution in [2.45, 2.75) is 38.0 Å². The van der Waals surface area contributed by atoms with Crippen LogP contribution < -0.4 is 10.6 Å². The van der Waals surface area contributed by atoms with Crippen LogP contribution in [0.5, 0.6) is 5.75 Å². The largest absolute Gasteiger partial charge is 0.508 e. The number of carbonyl (C=O) groups excluding carboxylic acids is 2. The number of hydrogen-bond acceptors (Lipinski definition) is 12. The number of fused-ring (bicyclic) bond motifs is 1. The number of phenols is 1. The lowest BCUT2D eigenvalue weighted by Crippen LogP contribution is -2.37. The predicted molar refractivity (Wildman–Crippen MR) is 123 cm³/mol. The molecule has 3 heterocycles. The summed E-state index contributed by atoms with van der Waals surface area (Å²) >= 11 is 0. The van der Waals surface area contributed by atoms with Crippen LogP contribution in [0.4, 0.5) is 10.6 Å². The Bertz CT molecular complexity index is 1200. The molecule has 192 valence electrons. The number of phenolic OH excluding ortho intramolecular Hbond substituents is 1. The normalized spacial score (nSPS) is 21.3. The van der Waals surface area contributed by atoms with Gasteiger partial charge in [-0.05, 0) is 24.6 Å². The van der Waals surface area contributed by atoms with Crippen LogP contribution in [0.25, 0.3) is 11.2 Å². The molecule has 2 aromatic heterocycles. The molecule has 0 aliphatic carbocycles. The van der Waals surface area contributed by atoms with Gasteiger partial charge in [0.25, 0.3) is 0 Å². The van der Waals surface area contributed by atoms with E-state index in [4.69, 9.17) is 14.2 Å². The van der Waals surface area contributed by atoms with Crippen molar-refractivity contribution in [1.82, 2.24) is 24.8 Å². The van der Waals surface area contributed by atoms with E-state index in [1.807, 2.05) is 0 Å². The molecule has 14 nitrogen and oxygen atoms in total. The number of amides is 1. The first kappa shape index (κ1) is 25.1. The first-order chi connectivity index (χ1) is 17.4. The second-order valence-electron chi connectivity index (χ2n) is 7.87. The van der Waals surface area contributed by atoms with Crippen LogP contribution in [0.3, 0.4) is 0 Å². The average molecular weight is 502 g/mol. The Morgan fingerprint density at radius 2 is 1.89 bits per heavy atom. The van der Waals surface area contributed by atoms with Gasteiger partial charge >= 0.3 is 12.1 Å². The summed E-state index contributed by atoms with van der Waals surface area (Å²) < 4.78 is 16.9. The van der Waals surface area contributed by atoms with Crippen molar-refractivity contribution in [3.8, 4) is 5.75 Å². The molecule has 4 atom stereocenters. The van der Waals surface area contributed by atoms with Gasteiger partial charge in [-0.15, -0.1) is 0 Å². The maximum atomic E-state index is 11.8. The lowest BCUT2D eigenvalue weighted by Gasteiger charge is -2.16. The molecule has 1 amide bonds. The standard InChI is InChI=1S/C22H26N6O8/c1-2-34-15(30)8-24-22(33)35-9-14-17(31)18(32)21(36-14)28-11-27-16-19(25-10-26-20(16)28)23-7-12-3-5-13(29)6-4-12/h3-6,10-11,14,17-18,21,29,31-32H,2,7-9H2,1H3,(H,24,33)(H,23,25,26)/t14-,17?,18+,21-/m1/s1. The summed E-state index contributed by atoms with van der Waals surface area (Å²) in [5, 5.41) is 35.8. The zero-order chi connectivity index (χ0) is 25.7. The highest BCUT2D eigenvalue weighted by Gasteiger charge is 2.45. The third-order valence-electron chi connectivity index (χ3n) is 5.43. The Kier molecular flexibility index (Phi) is 7.77. The van der Waals surface area contributed by atoms with Crippen LogP contribution in [-0.2, 0) is 25.5 Å². The molecule has 1 aliphatic rings. The third-order valence-corrected chi connectivity index (χ3v) is 5.43. The number of imidazole rings is 1. The van der Waals surface area contributed by atoms with Gasteiger partial charge in [0.1, 0.15) is 43.5 Å². The Morgan fingerprint density at radius 1 is 1.11 bits per heavy atom. The van der Waals surface area contributed by atoms with E-state index in [1.54, 1.807) is 31.2 Å². The van der Waals surface area contributed by atoms with E-state index in [0.29, 0.717) is 23.5 Å². The number of aromatic nitrogens is 4. The fourth-order valence-corrected chi connectivity index (χ4v) is 3.63. The number of hydrogen-bond donors (Lipinski definition) is 5. The molecule has 0 bridgehead atoms. The summed E-state index contributed by atoms with van der Waals surface area (Å²) in [6, 6.07) is 6.69. The van der Waals surface area contributed by atoms with Gasteiger partial charge in [0, 0.05) is 6.54 Å². The summed E-state index contributed by atoms with van der Waals surface area (Å²) in [4.78, 5) is 35.9. The van der Waals surface area contributed by atoms with Gasteiger partial charge in [-0.1, -0.05) is 12.1 Å². The predicted octanol–water partition coefficient (Wildman–Crippen LogP) is 0.0525. The number of aliphatic hydroxyl groups excluding tert-OH is 2. The third kappa shape index (κ3) is 5.62. The van der Waals surface area contributed by atoms with Crippen molar-refractivity contribution in [1.29, 1.82) is 0 Å². The van der Waals surface area contributed by atoms with Gasteiger partial charge in [0.15, 0.2) is 23.2 Å². The van der Waals surface area contributed by atoms with Crippen LogP contribution >= 0.6 is 0 Å². The van der Waals surface area contributed by atoms with Crippen molar-refractivity contribution in [3.63, 3.8) is 0 Å². The van der Waals surface area contributed by atoms with Crippen LogP contribution in [0.1, 0.15) is 18.7 Å². The molecule has 0 saturated carbocycles. The molecule has 1 aromatic carbocycles. The average Bonchev–Trinajstić information content (AvgIpc) is 3.42. The van der Waals surface area contributed by atoms with Gasteiger partial charge in [-0.25, -0.2) is 19.7 Å². The lowest BCUT2D eigenvalue weighted by molar-refractivity contribution is -0.141. The maximum absolute atomic E-state index is 11.8. The summed E-state index contributed by atoms with van der Waals surface area (Å²) in [6.07, 6.45) is -2.98. The molecule has 0 spiro atoms. The Morgan fingerprint density at radius 3 is 2.64 bits per heavy atom. The monoisotopic (exact) mass is 502 g/mol. The molecule has 4 rings (SSSR count). The highest BCUT2D eigenvalue weighted by atomic mass is 16.6. The van der Waals surface area contributed by atoms with E-state index < -0.39 is 36.6 Å². The molecule has 5 N–H and O–H groups in total. The number of esters is 1. The minimum atomic E-state index is -1.36. The van der Waals surface area contributed by atoms with E-state index in [0.717, 1.165) is 5.56 Å². The minimum absolute atomic E-state index is 0.167. The quantitative estimate of drug-likeness (QED) is 0.248. The molecule has 3 aromatic rings. The first-order valence-electron chi connectivity index (χ1n) is 11.1. The second-order valence-corrected chi connectivity index (χ2v) is 7.87. The topological polar surface area (TPSA) is 190 Å². The minimum Gasteiger partial charge on any atom is -0.508 e. The highest BCUT2D eigenvalue weighted by molar-refractivity contribution is 5.82. The zero-order valence-corrected chi connectivity index (χ0v) is 19.3.